The number of hydrogen-bond acceptors (Lipinski definition) is 3. The number of piperidine rings is 1. The van der Waals surface area contributed by atoms with E-state index in [1.807, 2.05) is 20.8 Å². The highest BCUT2D eigenvalue weighted by Gasteiger charge is 2.31. The first kappa shape index (κ1) is 17.2. The summed E-state index contributed by atoms with van der Waals surface area (Å²) in [5.74, 6) is -0.300. The molecular formula is C17H23ClFNO2. The molecule has 1 fully saturated rings. The molecule has 0 aromatic heterocycles. The number of alkyl halides is 1. The van der Waals surface area contributed by atoms with Gasteiger partial charge in [0.25, 0.3) is 0 Å². The molecule has 1 unspecified atom stereocenters. The van der Waals surface area contributed by atoms with Crippen LogP contribution < -0.4 is 0 Å². The number of nitrogens with zero attached hydrogens (tertiary/aromatic N) is 1. The van der Waals surface area contributed by atoms with Gasteiger partial charge < -0.3 is 4.84 Å². The molecular weight excluding hydrogens is 305 g/mol. The van der Waals surface area contributed by atoms with Crippen molar-refractivity contribution in [2.45, 2.75) is 39.8 Å². The molecule has 22 heavy (non-hydrogen) atoms. The highest BCUT2D eigenvalue weighted by molar-refractivity contribution is 6.30. The Morgan fingerprint density at radius 1 is 1.27 bits per heavy atom. The molecule has 0 N–H and O–H groups in total. The smallest absolute Gasteiger partial charge is 0.330 e. The molecule has 3 nitrogen and oxygen atoms in total. The molecule has 0 saturated carbocycles. The van der Waals surface area contributed by atoms with Gasteiger partial charge in [0.15, 0.2) is 0 Å². The lowest BCUT2D eigenvalue weighted by Gasteiger charge is -2.33. The predicted octanol–water partition coefficient (Wildman–Crippen LogP) is 4.57. The summed E-state index contributed by atoms with van der Waals surface area (Å²) < 4.78 is 14.6. The Balaban J connectivity index is 1.86. The van der Waals surface area contributed by atoms with Gasteiger partial charge in [-0.05, 0) is 57.2 Å². The van der Waals surface area contributed by atoms with E-state index >= 15 is 0 Å². The third kappa shape index (κ3) is 4.43. The van der Waals surface area contributed by atoms with Gasteiger partial charge in [0.05, 0.1) is 5.41 Å². The van der Waals surface area contributed by atoms with E-state index in [1.165, 1.54) is 0 Å². The minimum Gasteiger partial charge on any atom is -0.367 e. The molecule has 1 saturated heterocycles. The Labute approximate surface area is 136 Å². The molecule has 1 atom stereocenters. The van der Waals surface area contributed by atoms with E-state index in [4.69, 9.17) is 16.4 Å². The van der Waals surface area contributed by atoms with Gasteiger partial charge in [-0.1, -0.05) is 23.7 Å². The SMILES string of the molecule is CC(C)(C)C(=O)ON1CCC(C(F)c2ccc(Cl)cc2)CC1. The first-order valence-electron chi connectivity index (χ1n) is 7.64. The Bertz CT molecular complexity index is 504. The number of hydrogen-bond donors (Lipinski definition) is 0. The van der Waals surface area contributed by atoms with E-state index < -0.39 is 11.6 Å². The average Bonchev–Trinajstić information content (AvgIpc) is 2.47. The second-order valence-electron chi connectivity index (χ2n) is 6.85. The number of carbonyl (C=O) groups is 1. The van der Waals surface area contributed by atoms with E-state index in [9.17, 15) is 9.18 Å². The Morgan fingerprint density at radius 3 is 2.32 bits per heavy atom. The van der Waals surface area contributed by atoms with Crippen LogP contribution in [0.4, 0.5) is 4.39 Å². The van der Waals surface area contributed by atoms with Crippen LogP contribution in [0.25, 0.3) is 0 Å². The van der Waals surface area contributed by atoms with Crippen molar-refractivity contribution in [2.24, 2.45) is 11.3 Å². The monoisotopic (exact) mass is 327 g/mol. The average molecular weight is 328 g/mol. The lowest BCUT2D eigenvalue weighted by molar-refractivity contribution is -0.207. The van der Waals surface area contributed by atoms with Crippen molar-refractivity contribution in [3.8, 4) is 0 Å². The van der Waals surface area contributed by atoms with Gasteiger partial charge in [-0.3, -0.25) is 0 Å². The van der Waals surface area contributed by atoms with Crippen LogP contribution in [0.3, 0.4) is 0 Å². The van der Waals surface area contributed by atoms with Gasteiger partial charge in [0, 0.05) is 18.1 Å². The zero-order valence-electron chi connectivity index (χ0n) is 13.3. The lowest BCUT2D eigenvalue weighted by atomic mass is 9.89. The zero-order valence-corrected chi connectivity index (χ0v) is 14.1. The molecule has 0 radical (unpaired) electrons. The summed E-state index contributed by atoms with van der Waals surface area (Å²) >= 11 is 5.83. The van der Waals surface area contributed by atoms with E-state index in [0.29, 0.717) is 36.5 Å². The van der Waals surface area contributed by atoms with Crippen molar-refractivity contribution >= 4 is 17.6 Å². The first-order valence-corrected chi connectivity index (χ1v) is 8.02. The highest BCUT2D eigenvalue weighted by atomic mass is 35.5. The second kappa shape index (κ2) is 6.97. The van der Waals surface area contributed by atoms with Crippen molar-refractivity contribution in [1.29, 1.82) is 0 Å². The van der Waals surface area contributed by atoms with Gasteiger partial charge in [-0.2, -0.15) is 0 Å². The van der Waals surface area contributed by atoms with Crippen LogP contribution in [0.1, 0.15) is 45.3 Å². The predicted molar refractivity (Wildman–Crippen MR) is 85.1 cm³/mol. The van der Waals surface area contributed by atoms with E-state index in [1.54, 1.807) is 29.3 Å². The maximum atomic E-state index is 14.6. The summed E-state index contributed by atoms with van der Waals surface area (Å²) in [6.07, 6.45) is 0.334. The van der Waals surface area contributed by atoms with Crippen LogP contribution in [0.5, 0.6) is 0 Å². The molecule has 1 aromatic rings. The third-order valence-electron chi connectivity index (χ3n) is 3.93. The van der Waals surface area contributed by atoms with Crippen LogP contribution in [0.2, 0.25) is 5.02 Å². The standard InChI is InChI=1S/C17H23ClFNO2/c1-17(2,3)16(21)22-20-10-8-13(9-11-20)15(19)12-4-6-14(18)7-5-12/h4-7,13,15H,8-11H2,1-3H3. The first-order chi connectivity index (χ1) is 10.3. The summed E-state index contributed by atoms with van der Waals surface area (Å²) in [7, 11) is 0. The van der Waals surface area contributed by atoms with Crippen LogP contribution in [0, 0.1) is 11.3 Å². The van der Waals surface area contributed by atoms with Crippen molar-refractivity contribution in [1.82, 2.24) is 5.06 Å². The fraction of sp³-hybridized carbons (Fsp3) is 0.588. The summed E-state index contributed by atoms with van der Waals surface area (Å²) in [6, 6.07) is 6.89. The summed E-state index contributed by atoms with van der Waals surface area (Å²) in [6.45, 7) is 6.60. The van der Waals surface area contributed by atoms with Gasteiger partial charge in [-0.25, -0.2) is 9.18 Å². The topological polar surface area (TPSA) is 29.5 Å². The molecule has 0 spiro atoms. The molecule has 0 amide bonds. The molecule has 1 aliphatic heterocycles. The maximum Gasteiger partial charge on any atom is 0.330 e. The van der Waals surface area contributed by atoms with E-state index in [-0.39, 0.29) is 11.9 Å². The Morgan fingerprint density at radius 2 is 1.82 bits per heavy atom. The number of carbonyl (C=O) groups excluding carboxylic acids is 1. The van der Waals surface area contributed by atoms with Gasteiger partial charge in [0.1, 0.15) is 6.17 Å². The van der Waals surface area contributed by atoms with Gasteiger partial charge >= 0.3 is 5.97 Å². The van der Waals surface area contributed by atoms with Crippen LogP contribution in [-0.2, 0) is 9.63 Å². The number of halogens is 2. The zero-order chi connectivity index (χ0) is 16.3. The fourth-order valence-corrected chi connectivity index (χ4v) is 2.56. The van der Waals surface area contributed by atoms with Crippen LogP contribution in [0.15, 0.2) is 24.3 Å². The van der Waals surface area contributed by atoms with Gasteiger partial charge in [0.2, 0.25) is 0 Å². The van der Waals surface area contributed by atoms with E-state index in [0.717, 1.165) is 0 Å². The Hall–Kier alpha value is -1.13. The third-order valence-corrected chi connectivity index (χ3v) is 4.18. The minimum absolute atomic E-state index is 0.0502. The number of benzene rings is 1. The van der Waals surface area contributed by atoms with Crippen LogP contribution in [-0.4, -0.2) is 24.1 Å². The minimum atomic E-state index is -1.00. The summed E-state index contributed by atoms with van der Waals surface area (Å²) in [5, 5.41) is 2.26. The lowest BCUT2D eigenvalue weighted by Crippen LogP contribution is -2.39. The molecule has 1 aliphatic rings. The van der Waals surface area contributed by atoms with Crippen LogP contribution >= 0.6 is 11.6 Å². The summed E-state index contributed by atoms with van der Waals surface area (Å²) in [4.78, 5) is 17.2. The summed E-state index contributed by atoms with van der Waals surface area (Å²) in [5.41, 5.74) is 0.137. The highest BCUT2D eigenvalue weighted by Crippen LogP contribution is 2.34. The number of rotatable bonds is 3. The number of hydroxylamine groups is 2. The molecule has 1 aromatic carbocycles. The van der Waals surface area contributed by atoms with Crippen molar-refractivity contribution < 1.29 is 14.0 Å². The second-order valence-corrected chi connectivity index (χ2v) is 7.28. The van der Waals surface area contributed by atoms with Gasteiger partial charge in [-0.15, -0.1) is 5.06 Å². The van der Waals surface area contributed by atoms with Crippen molar-refractivity contribution in [3.63, 3.8) is 0 Å². The molecule has 2 rings (SSSR count). The van der Waals surface area contributed by atoms with Crippen molar-refractivity contribution in [3.05, 3.63) is 34.9 Å². The normalized spacial score (nSPS) is 19.0. The molecule has 0 aliphatic carbocycles. The largest absolute Gasteiger partial charge is 0.367 e. The maximum absolute atomic E-state index is 14.6. The fourth-order valence-electron chi connectivity index (χ4n) is 2.43. The Kier molecular flexibility index (Phi) is 5.45. The molecule has 0 bridgehead atoms. The molecule has 5 heteroatoms. The molecule has 122 valence electrons. The quantitative estimate of drug-likeness (QED) is 0.814. The molecule has 1 heterocycles. The van der Waals surface area contributed by atoms with Crippen molar-refractivity contribution in [2.75, 3.05) is 13.1 Å². The van der Waals surface area contributed by atoms with E-state index in [2.05, 4.69) is 0 Å².